The van der Waals surface area contributed by atoms with Gasteiger partial charge < -0.3 is 5.32 Å². The maximum absolute atomic E-state index is 3.71. The lowest BCUT2D eigenvalue weighted by atomic mass is 9.84. The molecule has 2 rings (SSSR count). The van der Waals surface area contributed by atoms with Crippen molar-refractivity contribution in [1.29, 1.82) is 0 Å². The summed E-state index contributed by atoms with van der Waals surface area (Å²) in [5, 5.41) is 3.71. The van der Waals surface area contributed by atoms with E-state index in [9.17, 15) is 0 Å². The summed E-state index contributed by atoms with van der Waals surface area (Å²) in [6.07, 6.45) is 0. The molecule has 0 aromatic heterocycles. The minimum atomic E-state index is 0.328. The Kier molecular flexibility index (Phi) is 4.87. The third-order valence-electron chi connectivity index (χ3n) is 4.62. The topological polar surface area (TPSA) is 15.3 Å². The molecule has 2 nitrogen and oxygen atoms in total. The van der Waals surface area contributed by atoms with Crippen molar-refractivity contribution in [2.75, 3.05) is 19.6 Å². The van der Waals surface area contributed by atoms with Gasteiger partial charge in [-0.25, -0.2) is 0 Å². The molecule has 1 fully saturated rings. The van der Waals surface area contributed by atoms with E-state index in [0.717, 1.165) is 19.6 Å². The highest BCUT2D eigenvalue weighted by Crippen LogP contribution is 2.25. The van der Waals surface area contributed by atoms with Crippen molar-refractivity contribution in [3.8, 4) is 0 Å². The highest BCUT2D eigenvalue weighted by molar-refractivity contribution is 5.19. The Hall–Kier alpha value is -0.860. The van der Waals surface area contributed by atoms with Crippen LogP contribution in [0.3, 0.4) is 0 Å². The molecule has 0 amide bonds. The molecule has 1 saturated heterocycles. The number of hydrogen-bond donors (Lipinski definition) is 1. The van der Waals surface area contributed by atoms with Gasteiger partial charge in [-0.05, 0) is 23.8 Å². The van der Waals surface area contributed by atoms with Gasteiger partial charge in [-0.1, -0.05) is 58.0 Å². The van der Waals surface area contributed by atoms with E-state index in [1.165, 1.54) is 5.56 Å². The van der Waals surface area contributed by atoms with E-state index in [1.807, 2.05) is 0 Å². The molecule has 1 aliphatic heterocycles. The third kappa shape index (κ3) is 3.83. The predicted octanol–water partition coefficient (Wildman–Crippen LogP) is 3.50. The summed E-state index contributed by atoms with van der Waals surface area (Å²) in [7, 11) is 0. The van der Waals surface area contributed by atoms with Crippen LogP contribution in [-0.4, -0.2) is 36.6 Å². The molecule has 0 saturated carbocycles. The highest BCUT2D eigenvalue weighted by Gasteiger charge is 2.32. The Balaban J connectivity index is 2.00. The Morgan fingerprint density at radius 3 is 2.50 bits per heavy atom. The van der Waals surface area contributed by atoms with Gasteiger partial charge in [-0.2, -0.15) is 0 Å². The van der Waals surface area contributed by atoms with Gasteiger partial charge in [0.1, 0.15) is 0 Å². The molecule has 1 heterocycles. The summed E-state index contributed by atoms with van der Waals surface area (Å²) in [5.74, 6) is 0.595. The minimum absolute atomic E-state index is 0.328. The largest absolute Gasteiger partial charge is 0.311 e. The predicted molar refractivity (Wildman–Crippen MR) is 87.1 cm³/mol. The monoisotopic (exact) mass is 274 g/mol. The molecule has 0 radical (unpaired) electrons. The fourth-order valence-corrected chi connectivity index (χ4v) is 2.99. The van der Waals surface area contributed by atoms with Crippen molar-refractivity contribution < 1.29 is 0 Å². The molecule has 1 aliphatic rings. The van der Waals surface area contributed by atoms with E-state index in [4.69, 9.17) is 0 Å². The smallest absolute Gasteiger partial charge is 0.0244 e. The second-order valence-electron chi connectivity index (χ2n) is 7.44. The van der Waals surface area contributed by atoms with Gasteiger partial charge in [0, 0.05) is 31.7 Å². The first-order valence-electron chi connectivity index (χ1n) is 7.90. The van der Waals surface area contributed by atoms with Crippen molar-refractivity contribution >= 4 is 0 Å². The first-order chi connectivity index (χ1) is 9.38. The number of piperazine rings is 1. The molecule has 1 N–H and O–H groups in total. The van der Waals surface area contributed by atoms with Crippen LogP contribution in [0.2, 0.25) is 0 Å². The normalized spacial score (nSPS) is 26.4. The average Bonchev–Trinajstić information content (AvgIpc) is 2.41. The lowest BCUT2D eigenvalue weighted by Crippen LogP contribution is -2.59. The van der Waals surface area contributed by atoms with E-state index in [0.29, 0.717) is 23.4 Å². The van der Waals surface area contributed by atoms with Crippen LogP contribution in [0.4, 0.5) is 0 Å². The molecule has 2 heteroatoms. The number of nitrogens with one attached hydrogen (secondary N) is 1. The molecule has 0 aliphatic carbocycles. The minimum Gasteiger partial charge on any atom is -0.311 e. The lowest BCUT2D eigenvalue weighted by molar-refractivity contribution is 0.0895. The van der Waals surface area contributed by atoms with Crippen LogP contribution in [0, 0.1) is 5.41 Å². The molecular weight excluding hydrogens is 244 g/mol. The fraction of sp³-hybridized carbons (Fsp3) is 0.667. The first kappa shape index (κ1) is 15.5. The van der Waals surface area contributed by atoms with Crippen LogP contribution in [0.1, 0.15) is 46.1 Å². The van der Waals surface area contributed by atoms with Crippen LogP contribution in [0.15, 0.2) is 30.3 Å². The van der Waals surface area contributed by atoms with Crippen molar-refractivity contribution in [1.82, 2.24) is 10.2 Å². The molecule has 112 valence electrons. The summed E-state index contributed by atoms with van der Waals surface area (Å²) in [6.45, 7) is 15.1. The van der Waals surface area contributed by atoms with Crippen LogP contribution in [0.25, 0.3) is 0 Å². The summed E-state index contributed by atoms with van der Waals surface area (Å²) in [4.78, 5) is 2.66. The van der Waals surface area contributed by atoms with E-state index in [-0.39, 0.29) is 0 Å². The van der Waals surface area contributed by atoms with Gasteiger partial charge in [0.2, 0.25) is 0 Å². The third-order valence-corrected chi connectivity index (χ3v) is 4.62. The van der Waals surface area contributed by atoms with Gasteiger partial charge >= 0.3 is 0 Å². The zero-order valence-corrected chi connectivity index (χ0v) is 13.7. The van der Waals surface area contributed by atoms with E-state index >= 15 is 0 Å². The van der Waals surface area contributed by atoms with E-state index < -0.39 is 0 Å². The van der Waals surface area contributed by atoms with Crippen LogP contribution in [-0.2, 0) is 0 Å². The van der Waals surface area contributed by atoms with Crippen molar-refractivity contribution in [3.63, 3.8) is 0 Å². The van der Waals surface area contributed by atoms with Gasteiger partial charge in [0.25, 0.3) is 0 Å². The highest BCUT2D eigenvalue weighted by atomic mass is 15.2. The SMILES string of the molecule is CC(CN1CC(C(C)(C)C)NCC1C)c1ccccc1. The Bertz CT molecular complexity index is 407. The molecule has 3 unspecified atom stereocenters. The molecule has 0 spiro atoms. The number of nitrogens with zero attached hydrogens (tertiary/aromatic N) is 1. The molecule has 0 bridgehead atoms. The first-order valence-corrected chi connectivity index (χ1v) is 7.90. The number of benzene rings is 1. The Morgan fingerprint density at radius 2 is 1.90 bits per heavy atom. The van der Waals surface area contributed by atoms with Crippen molar-refractivity contribution in [3.05, 3.63) is 35.9 Å². The number of rotatable bonds is 3. The second-order valence-corrected chi connectivity index (χ2v) is 7.44. The van der Waals surface area contributed by atoms with E-state index in [2.05, 4.69) is 75.2 Å². The van der Waals surface area contributed by atoms with Gasteiger partial charge in [-0.3, -0.25) is 4.90 Å². The Labute approximate surface area is 124 Å². The summed E-state index contributed by atoms with van der Waals surface area (Å²) in [5.41, 5.74) is 1.78. The summed E-state index contributed by atoms with van der Waals surface area (Å²) < 4.78 is 0. The molecule has 3 atom stereocenters. The van der Waals surface area contributed by atoms with E-state index in [1.54, 1.807) is 0 Å². The molecule has 1 aromatic carbocycles. The van der Waals surface area contributed by atoms with Gasteiger partial charge in [-0.15, -0.1) is 0 Å². The van der Waals surface area contributed by atoms with Crippen LogP contribution in [0.5, 0.6) is 0 Å². The van der Waals surface area contributed by atoms with Gasteiger partial charge in [0.15, 0.2) is 0 Å². The second kappa shape index (κ2) is 6.28. The maximum atomic E-state index is 3.71. The molecule has 1 aromatic rings. The fourth-order valence-electron chi connectivity index (χ4n) is 2.99. The lowest BCUT2D eigenvalue weighted by Gasteiger charge is -2.44. The maximum Gasteiger partial charge on any atom is 0.0244 e. The van der Waals surface area contributed by atoms with Crippen LogP contribution >= 0.6 is 0 Å². The summed E-state index contributed by atoms with van der Waals surface area (Å²) in [6, 6.07) is 12.1. The zero-order valence-electron chi connectivity index (χ0n) is 13.7. The average molecular weight is 274 g/mol. The van der Waals surface area contributed by atoms with Gasteiger partial charge in [0.05, 0.1) is 0 Å². The van der Waals surface area contributed by atoms with Crippen molar-refractivity contribution in [2.45, 2.75) is 52.6 Å². The zero-order chi connectivity index (χ0) is 14.8. The molecule has 20 heavy (non-hydrogen) atoms. The summed E-state index contributed by atoms with van der Waals surface area (Å²) >= 11 is 0. The quantitative estimate of drug-likeness (QED) is 0.907. The van der Waals surface area contributed by atoms with Crippen LogP contribution < -0.4 is 5.32 Å². The Morgan fingerprint density at radius 1 is 1.25 bits per heavy atom. The molecular formula is C18H30N2. The van der Waals surface area contributed by atoms with Crippen molar-refractivity contribution in [2.24, 2.45) is 5.41 Å². The number of hydrogen-bond acceptors (Lipinski definition) is 2. The standard InChI is InChI=1S/C18H30N2/c1-14(16-9-7-6-8-10-16)12-20-13-17(18(3,4)5)19-11-15(20)2/h6-10,14-15,17,19H,11-13H2,1-5H3.